The monoisotopic (exact) mass is 408 g/mol. The first-order valence-electron chi connectivity index (χ1n) is 10.7. The van der Waals surface area contributed by atoms with E-state index in [4.69, 9.17) is 15.5 Å². The van der Waals surface area contributed by atoms with Gasteiger partial charge in [0.1, 0.15) is 5.82 Å². The first kappa shape index (κ1) is 19.0. The van der Waals surface area contributed by atoms with Crippen LogP contribution in [0, 0.1) is 6.92 Å². The summed E-state index contributed by atoms with van der Waals surface area (Å²) >= 11 is 0. The number of rotatable bonds is 7. The summed E-state index contributed by atoms with van der Waals surface area (Å²) in [5.74, 6) is 1.43. The van der Waals surface area contributed by atoms with E-state index in [2.05, 4.69) is 45.2 Å². The normalized spacial score (nSPS) is 20.4. The van der Waals surface area contributed by atoms with Crippen LogP contribution >= 0.6 is 0 Å². The van der Waals surface area contributed by atoms with Crippen molar-refractivity contribution in [1.82, 2.24) is 29.9 Å². The molecule has 5 rings (SSSR count). The highest BCUT2D eigenvalue weighted by Gasteiger charge is 2.38. The Morgan fingerprint density at radius 1 is 1.30 bits per heavy atom. The van der Waals surface area contributed by atoms with Gasteiger partial charge in [0.2, 0.25) is 0 Å². The molecule has 5 heterocycles. The molecule has 158 valence electrons. The predicted molar refractivity (Wildman–Crippen MR) is 115 cm³/mol. The number of unbranched alkanes of at least 4 members (excludes halogenated alkanes) is 1. The molecule has 2 fully saturated rings. The highest BCUT2D eigenvalue weighted by atomic mass is 16.5. The lowest BCUT2D eigenvalue weighted by atomic mass is 10.1. The second kappa shape index (κ2) is 7.71. The summed E-state index contributed by atoms with van der Waals surface area (Å²) in [7, 11) is 0. The summed E-state index contributed by atoms with van der Waals surface area (Å²) in [6.07, 6.45) is 7.63. The largest absolute Gasteiger partial charge is 0.462 e. The van der Waals surface area contributed by atoms with Crippen LogP contribution in [0.4, 0.5) is 11.6 Å². The van der Waals surface area contributed by atoms with E-state index in [0.29, 0.717) is 36.6 Å². The molecule has 2 aliphatic heterocycles. The third-order valence-corrected chi connectivity index (χ3v) is 5.99. The van der Waals surface area contributed by atoms with Crippen molar-refractivity contribution in [3.8, 4) is 6.01 Å². The van der Waals surface area contributed by atoms with Crippen LogP contribution in [0.1, 0.15) is 43.0 Å². The minimum Gasteiger partial charge on any atom is -0.462 e. The number of aromatic nitrogens is 5. The number of fused-ring (bicyclic) bond motifs is 3. The van der Waals surface area contributed by atoms with Gasteiger partial charge in [-0.25, -0.2) is 14.5 Å². The van der Waals surface area contributed by atoms with Gasteiger partial charge >= 0.3 is 6.01 Å². The van der Waals surface area contributed by atoms with Crippen molar-refractivity contribution in [2.75, 3.05) is 30.3 Å². The van der Waals surface area contributed by atoms with Crippen molar-refractivity contribution in [2.45, 2.75) is 51.6 Å². The zero-order chi connectivity index (χ0) is 20.7. The van der Waals surface area contributed by atoms with E-state index in [1.54, 1.807) is 10.7 Å². The molecule has 2 saturated heterocycles. The summed E-state index contributed by atoms with van der Waals surface area (Å²) in [5, 5.41) is 8.04. The molecule has 3 aromatic heterocycles. The molecule has 0 spiro atoms. The van der Waals surface area contributed by atoms with Crippen LogP contribution in [0.15, 0.2) is 18.5 Å². The van der Waals surface area contributed by atoms with Crippen molar-refractivity contribution >= 4 is 17.3 Å². The highest BCUT2D eigenvalue weighted by molar-refractivity contribution is 5.60. The second-order valence-electron chi connectivity index (χ2n) is 8.27. The molecule has 0 aliphatic carbocycles. The van der Waals surface area contributed by atoms with Crippen LogP contribution in [0.3, 0.4) is 0 Å². The standard InChI is InChI=1S/C21H28N8O/c1-3-4-5-30-21-26-18(22)20-25-11-17(29(20)27-21)7-14-6-13(2)19(24-9-14)28-12-15-8-16(28)10-23-15/h6,9,11,15-16,23H,3-5,7-8,10,12H2,1-2H3,(H2,22,26,27)/t15-,16-/m0/s1. The number of aryl methyl sites for hydroxylation is 1. The maximum atomic E-state index is 6.07. The Kier molecular flexibility index (Phi) is 4.90. The number of piperazine rings is 1. The lowest BCUT2D eigenvalue weighted by molar-refractivity contribution is 0.280. The number of nitrogens with two attached hydrogens (primary N) is 1. The van der Waals surface area contributed by atoms with Crippen LogP contribution in [-0.4, -0.2) is 56.3 Å². The number of hydrogen-bond donors (Lipinski definition) is 2. The van der Waals surface area contributed by atoms with Gasteiger partial charge in [0.25, 0.3) is 0 Å². The predicted octanol–water partition coefficient (Wildman–Crippen LogP) is 1.73. The second-order valence-corrected chi connectivity index (χ2v) is 8.27. The first-order valence-corrected chi connectivity index (χ1v) is 10.7. The van der Waals surface area contributed by atoms with Gasteiger partial charge in [-0.15, -0.1) is 5.10 Å². The Bertz CT molecular complexity index is 1060. The maximum Gasteiger partial charge on any atom is 0.336 e. The molecule has 9 nitrogen and oxygen atoms in total. The zero-order valence-corrected chi connectivity index (χ0v) is 17.5. The molecular formula is C21H28N8O. The van der Waals surface area contributed by atoms with Gasteiger partial charge in [0, 0.05) is 37.8 Å². The fraction of sp³-hybridized carbons (Fsp3) is 0.524. The van der Waals surface area contributed by atoms with Gasteiger partial charge < -0.3 is 20.7 Å². The van der Waals surface area contributed by atoms with Gasteiger partial charge in [-0.3, -0.25) is 0 Å². The third kappa shape index (κ3) is 3.43. The molecule has 2 bridgehead atoms. The molecule has 0 radical (unpaired) electrons. The fourth-order valence-corrected chi connectivity index (χ4v) is 4.47. The molecule has 9 heteroatoms. The van der Waals surface area contributed by atoms with Crippen molar-refractivity contribution < 1.29 is 4.74 Å². The summed E-state index contributed by atoms with van der Waals surface area (Å²) in [6.45, 7) is 6.92. The summed E-state index contributed by atoms with van der Waals surface area (Å²) < 4.78 is 7.39. The van der Waals surface area contributed by atoms with Crippen LogP contribution in [-0.2, 0) is 6.42 Å². The van der Waals surface area contributed by atoms with Crippen molar-refractivity contribution in [1.29, 1.82) is 0 Å². The number of anilines is 2. The van der Waals surface area contributed by atoms with Crippen molar-refractivity contribution in [3.63, 3.8) is 0 Å². The molecule has 3 aromatic rings. The van der Waals surface area contributed by atoms with Gasteiger partial charge in [-0.05, 0) is 30.9 Å². The third-order valence-electron chi connectivity index (χ3n) is 5.99. The Morgan fingerprint density at radius 3 is 2.93 bits per heavy atom. The Labute approximate surface area is 175 Å². The quantitative estimate of drug-likeness (QED) is 0.569. The number of nitrogens with one attached hydrogen (secondary N) is 1. The van der Waals surface area contributed by atoms with Crippen LogP contribution < -0.4 is 20.7 Å². The number of imidazole rings is 1. The van der Waals surface area contributed by atoms with Gasteiger partial charge in [-0.2, -0.15) is 4.98 Å². The lowest BCUT2D eigenvalue weighted by Crippen LogP contribution is -2.44. The Hall–Kier alpha value is -2.94. The zero-order valence-electron chi connectivity index (χ0n) is 17.5. The van der Waals surface area contributed by atoms with Crippen molar-refractivity contribution in [3.05, 3.63) is 35.3 Å². The number of nitrogens with zero attached hydrogens (tertiary/aromatic N) is 6. The Balaban J connectivity index is 1.38. The SMILES string of the molecule is CCCCOc1nc(N)c2ncc(Cc3cnc(N4C[C@@H]5C[C@H]4CN5)c(C)c3)n2n1. The highest BCUT2D eigenvalue weighted by Crippen LogP contribution is 2.30. The molecular weight excluding hydrogens is 380 g/mol. The van der Waals surface area contributed by atoms with Gasteiger partial charge in [-0.1, -0.05) is 19.4 Å². The topological polar surface area (TPSA) is 106 Å². The van der Waals surface area contributed by atoms with E-state index in [9.17, 15) is 0 Å². The van der Waals surface area contributed by atoms with E-state index < -0.39 is 0 Å². The van der Waals surface area contributed by atoms with Gasteiger partial charge in [0.05, 0.1) is 18.5 Å². The smallest absolute Gasteiger partial charge is 0.336 e. The molecule has 0 unspecified atom stereocenters. The average Bonchev–Trinajstić information content (AvgIpc) is 3.45. The molecule has 0 amide bonds. The van der Waals surface area contributed by atoms with E-state index in [1.165, 1.54) is 12.0 Å². The molecule has 0 saturated carbocycles. The van der Waals surface area contributed by atoms with E-state index >= 15 is 0 Å². The molecule has 0 aromatic carbocycles. The summed E-state index contributed by atoms with van der Waals surface area (Å²) in [5.41, 5.74) is 9.87. The van der Waals surface area contributed by atoms with Crippen LogP contribution in [0.5, 0.6) is 6.01 Å². The number of pyridine rings is 1. The average molecular weight is 409 g/mol. The summed E-state index contributed by atoms with van der Waals surface area (Å²) in [6, 6.07) is 3.67. The van der Waals surface area contributed by atoms with Crippen molar-refractivity contribution in [2.24, 2.45) is 0 Å². The molecule has 30 heavy (non-hydrogen) atoms. The Morgan fingerprint density at radius 2 is 2.20 bits per heavy atom. The number of hydrogen-bond acceptors (Lipinski definition) is 8. The van der Waals surface area contributed by atoms with Crippen LogP contribution in [0.25, 0.3) is 5.65 Å². The molecule has 3 N–H and O–H groups in total. The van der Waals surface area contributed by atoms with E-state index in [0.717, 1.165) is 43.0 Å². The number of nitrogen functional groups attached to an aromatic ring is 1. The maximum absolute atomic E-state index is 6.07. The van der Waals surface area contributed by atoms with E-state index in [1.807, 2.05) is 6.20 Å². The summed E-state index contributed by atoms with van der Waals surface area (Å²) in [4.78, 5) is 15.9. The fourth-order valence-electron chi connectivity index (χ4n) is 4.47. The molecule has 2 atom stereocenters. The minimum atomic E-state index is 0.287. The minimum absolute atomic E-state index is 0.287. The van der Waals surface area contributed by atoms with Gasteiger partial charge in [0.15, 0.2) is 11.5 Å². The van der Waals surface area contributed by atoms with Crippen LogP contribution in [0.2, 0.25) is 0 Å². The molecule has 2 aliphatic rings. The first-order chi connectivity index (χ1) is 14.6. The van der Waals surface area contributed by atoms with E-state index in [-0.39, 0.29) is 6.01 Å². The number of ether oxygens (including phenoxy) is 1. The lowest BCUT2D eigenvalue weighted by Gasteiger charge is -2.29.